The fourth-order valence-electron chi connectivity index (χ4n) is 1.16. The van der Waals surface area contributed by atoms with E-state index in [1.54, 1.807) is 0 Å². The second-order valence-electron chi connectivity index (χ2n) is 3.55. The molecule has 60 valence electrons. The van der Waals surface area contributed by atoms with Gasteiger partial charge in [0.2, 0.25) is 0 Å². The molecular formula is C9H20Si. The van der Waals surface area contributed by atoms with E-state index in [0.29, 0.717) is 0 Å². The average Bonchev–Trinajstić information content (AvgIpc) is 1.84. The second kappa shape index (κ2) is 4.72. The lowest BCUT2D eigenvalue weighted by molar-refractivity contribution is 1.05. The van der Waals surface area contributed by atoms with E-state index in [0.717, 1.165) is 0 Å². The molecule has 0 radical (unpaired) electrons. The topological polar surface area (TPSA) is 0 Å². The molecule has 0 heterocycles. The van der Waals surface area contributed by atoms with Crippen LogP contribution in [0.4, 0.5) is 0 Å². The highest BCUT2D eigenvalue weighted by atomic mass is 28.3. The third kappa shape index (κ3) is 4.80. The normalized spacial score (nSPS) is 12.8. The number of rotatable bonds is 4. The van der Waals surface area contributed by atoms with Gasteiger partial charge in [0.15, 0.2) is 0 Å². The largest absolute Gasteiger partial charge is 0.0987 e. The van der Waals surface area contributed by atoms with E-state index in [2.05, 4.69) is 38.7 Å². The maximum absolute atomic E-state index is 2.47. The molecule has 0 rings (SSSR count). The highest BCUT2D eigenvalue weighted by Gasteiger charge is 2.13. The van der Waals surface area contributed by atoms with Crippen molar-refractivity contribution < 1.29 is 0 Å². The Bertz CT molecular complexity index is 103. The summed E-state index contributed by atoms with van der Waals surface area (Å²) in [6.45, 7) is 9.34. The lowest BCUT2D eigenvalue weighted by Crippen LogP contribution is -2.21. The van der Waals surface area contributed by atoms with Gasteiger partial charge in [-0.25, -0.2) is 0 Å². The first-order valence-electron chi connectivity index (χ1n) is 4.30. The van der Waals surface area contributed by atoms with Crippen molar-refractivity contribution in [1.29, 1.82) is 0 Å². The maximum Gasteiger partial charge on any atom is 0.0713 e. The molecule has 0 aromatic carbocycles. The van der Waals surface area contributed by atoms with Crippen molar-refractivity contribution in [2.45, 2.75) is 45.8 Å². The molecule has 0 aromatic heterocycles. The Balaban J connectivity index is 3.73. The van der Waals surface area contributed by atoms with Gasteiger partial charge in [-0.1, -0.05) is 51.2 Å². The Labute approximate surface area is 66.4 Å². The molecule has 0 nitrogen and oxygen atoms in total. The minimum Gasteiger partial charge on any atom is -0.0987 e. The minimum atomic E-state index is -0.905. The number of allylic oxidation sites excluding steroid dienone is 1. The van der Waals surface area contributed by atoms with Crippen molar-refractivity contribution in [2.75, 3.05) is 0 Å². The third-order valence-electron chi connectivity index (χ3n) is 1.70. The van der Waals surface area contributed by atoms with Crippen LogP contribution >= 0.6 is 0 Å². The molecule has 0 saturated carbocycles. The molecule has 10 heavy (non-hydrogen) atoms. The summed E-state index contributed by atoms with van der Waals surface area (Å²) in [6, 6.07) is 1.43. The Morgan fingerprint density at radius 3 is 2.20 bits per heavy atom. The van der Waals surface area contributed by atoms with Crippen molar-refractivity contribution in [1.82, 2.24) is 0 Å². The molecule has 0 amide bonds. The predicted molar refractivity (Wildman–Crippen MR) is 52.0 cm³/mol. The fourth-order valence-corrected chi connectivity index (χ4v) is 3.49. The molecule has 0 spiro atoms. The molecule has 0 aliphatic rings. The van der Waals surface area contributed by atoms with E-state index < -0.39 is 8.07 Å². The van der Waals surface area contributed by atoms with Crippen LogP contribution < -0.4 is 0 Å². The standard InChI is InChI=1S/C9H20Si/c1-5-7-9-10(3,4)8-6-2/h7,9H,5-6,8H2,1-4H3. The SMILES string of the molecule is CCC=C[Si](C)(C)CCC. The van der Waals surface area contributed by atoms with Gasteiger partial charge in [0.05, 0.1) is 8.07 Å². The highest BCUT2D eigenvalue weighted by molar-refractivity contribution is 6.82. The van der Waals surface area contributed by atoms with E-state index >= 15 is 0 Å². The van der Waals surface area contributed by atoms with Crippen LogP contribution in [0, 0.1) is 0 Å². The number of hydrogen-bond acceptors (Lipinski definition) is 0. The molecule has 0 aliphatic carbocycles. The molecule has 0 bridgehead atoms. The summed E-state index contributed by atoms with van der Waals surface area (Å²) >= 11 is 0. The molecule has 0 aromatic rings. The summed E-state index contributed by atoms with van der Waals surface area (Å²) in [4.78, 5) is 0. The van der Waals surface area contributed by atoms with Gasteiger partial charge in [-0.05, 0) is 6.42 Å². The fraction of sp³-hybridized carbons (Fsp3) is 0.778. The van der Waals surface area contributed by atoms with Gasteiger partial charge in [-0.3, -0.25) is 0 Å². The molecule has 0 N–H and O–H groups in total. The first-order valence-corrected chi connectivity index (χ1v) is 7.58. The monoisotopic (exact) mass is 156 g/mol. The van der Waals surface area contributed by atoms with E-state index in [9.17, 15) is 0 Å². The van der Waals surface area contributed by atoms with Gasteiger partial charge in [-0.15, -0.1) is 0 Å². The van der Waals surface area contributed by atoms with Crippen LogP contribution in [0.1, 0.15) is 26.7 Å². The Morgan fingerprint density at radius 1 is 1.20 bits per heavy atom. The van der Waals surface area contributed by atoms with Crippen LogP contribution in [-0.4, -0.2) is 8.07 Å². The second-order valence-corrected chi connectivity index (χ2v) is 8.36. The van der Waals surface area contributed by atoms with Crippen LogP contribution in [-0.2, 0) is 0 Å². The zero-order valence-electron chi connectivity index (χ0n) is 7.78. The average molecular weight is 156 g/mol. The maximum atomic E-state index is 2.47. The zero-order valence-corrected chi connectivity index (χ0v) is 8.78. The first kappa shape index (κ1) is 9.96. The van der Waals surface area contributed by atoms with Crippen LogP contribution in [0.3, 0.4) is 0 Å². The lowest BCUT2D eigenvalue weighted by Gasteiger charge is -2.15. The Kier molecular flexibility index (Phi) is 4.70. The summed E-state index contributed by atoms with van der Waals surface area (Å²) in [5, 5.41) is 0. The molecule has 0 atom stereocenters. The van der Waals surface area contributed by atoms with Crippen LogP contribution in [0.2, 0.25) is 19.1 Å². The van der Waals surface area contributed by atoms with Crippen LogP contribution in [0.25, 0.3) is 0 Å². The summed E-state index contributed by atoms with van der Waals surface area (Å²) < 4.78 is 0. The molecular weight excluding hydrogens is 136 g/mol. The molecule has 1 heteroatoms. The predicted octanol–water partition coefficient (Wildman–Crippen LogP) is 3.61. The third-order valence-corrected chi connectivity index (χ3v) is 4.63. The lowest BCUT2D eigenvalue weighted by atomic mass is 10.5. The summed E-state index contributed by atoms with van der Waals surface area (Å²) in [5.74, 6) is 0. The van der Waals surface area contributed by atoms with Crippen molar-refractivity contribution in [3.63, 3.8) is 0 Å². The molecule has 0 unspecified atom stereocenters. The van der Waals surface area contributed by atoms with Crippen LogP contribution in [0.15, 0.2) is 11.8 Å². The van der Waals surface area contributed by atoms with Gasteiger partial charge >= 0.3 is 0 Å². The summed E-state index contributed by atoms with van der Waals surface area (Å²) in [5.41, 5.74) is 2.47. The molecule has 0 fully saturated rings. The molecule has 0 aliphatic heterocycles. The Hall–Kier alpha value is -0.0431. The number of hydrogen-bond donors (Lipinski definition) is 0. The zero-order chi connectivity index (χ0) is 8.04. The van der Waals surface area contributed by atoms with E-state index in [1.807, 2.05) is 0 Å². The van der Waals surface area contributed by atoms with Gasteiger partial charge in [0, 0.05) is 0 Å². The van der Waals surface area contributed by atoms with Crippen molar-refractivity contribution >= 4 is 8.07 Å². The highest BCUT2D eigenvalue weighted by Crippen LogP contribution is 2.12. The van der Waals surface area contributed by atoms with Gasteiger partial charge in [0.25, 0.3) is 0 Å². The van der Waals surface area contributed by atoms with Crippen molar-refractivity contribution in [3.8, 4) is 0 Å². The van der Waals surface area contributed by atoms with E-state index in [4.69, 9.17) is 0 Å². The first-order chi connectivity index (χ1) is 4.62. The quantitative estimate of drug-likeness (QED) is 0.545. The van der Waals surface area contributed by atoms with Gasteiger partial charge in [0.1, 0.15) is 0 Å². The van der Waals surface area contributed by atoms with E-state index in [1.165, 1.54) is 18.9 Å². The van der Waals surface area contributed by atoms with E-state index in [-0.39, 0.29) is 0 Å². The Morgan fingerprint density at radius 2 is 1.80 bits per heavy atom. The molecule has 0 saturated heterocycles. The van der Waals surface area contributed by atoms with Gasteiger partial charge < -0.3 is 0 Å². The summed E-state index contributed by atoms with van der Waals surface area (Å²) in [7, 11) is -0.905. The smallest absolute Gasteiger partial charge is 0.0713 e. The minimum absolute atomic E-state index is 0.905. The van der Waals surface area contributed by atoms with Gasteiger partial charge in [-0.2, -0.15) is 0 Å². The summed E-state index contributed by atoms with van der Waals surface area (Å²) in [6.07, 6.45) is 4.86. The van der Waals surface area contributed by atoms with Crippen molar-refractivity contribution in [2.24, 2.45) is 0 Å². The van der Waals surface area contributed by atoms with Crippen molar-refractivity contribution in [3.05, 3.63) is 11.8 Å². The van der Waals surface area contributed by atoms with Crippen LogP contribution in [0.5, 0.6) is 0 Å².